The van der Waals surface area contributed by atoms with Gasteiger partial charge in [-0.2, -0.15) is 0 Å². The van der Waals surface area contributed by atoms with Gasteiger partial charge in [-0.05, 0) is 12.1 Å². The predicted molar refractivity (Wildman–Crippen MR) is 105 cm³/mol. The molecule has 0 aliphatic rings. The largest absolute Gasteiger partial charge is 0.507 e. The molecule has 1 aromatic carbocycles. The molecule has 2 atom stereocenters. The van der Waals surface area contributed by atoms with Crippen LogP contribution in [0.15, 0.2) is 24.3 Å². The molecule has 28 heavy (non-hydrogen) atoms. The lowest BCUT2D eigenvalue weighted by atomic mass is 10.2. The van der Waals surface area contributed by atoms with E-state index in [9.17, 15) is 29.1 Å². The van der Waals surface area contributed by atoms with Gasteiger partial charge in [-0.15, -0.1) is 0 Å². The summed E-state index contributed by atoms with van der Waals surface area (Å²) in [5.41, 5.74) is 0.0748. The third-order valence-corrected chi connectivity index (χ3v) is 5.29. The van der Waals surface area contributed by atoms with Crippen molar-refractivity contribution in [3.63, 3.8) is 0 Å². The standard InChI is InChI=1S/C17H20N2O7S2/c1-9(20)18-12(15(23)24)7-28-17(26)13(19-10(2)21)8-27-16(25)11-5-3-4-6-14(11)22/h3-6,12-13,22H,7-8H2,1-2H3,(H,18,20)(H,19,21)(H,23,24)/t12-,13-/m0/s1. The maximum absolute atomic E-state index is 12.4. The number of rotatable bonds is 9. The number of aliphatic carboxylic acids is 1. The number of carbonyl (C=O) groups excluding carboxylic acids is 4. The maximum Gasteiger partial charge on any atom is 0.327 e. The van der Waals surface area contributed by atoms with Crippen molar-refractivity contribution in [2.45, 2.75) is 25.9 Å². The SMILES string of the molecule is CC(=O)N[C@@H](CSC(=O)[C@H](CSC(=O)c1ccccc1O)NC(C)=O)C(=O)O. The predicted octanol–water partition coefficient (Wildman–Crippen LogP) is 0.619. The number of carboxylic acid groups (broad SMARTS) is 1. The summed E-state index contributed by atoms with van der Waals surface area (Å²) >= 11 is 1.37. The normalized spacial score (nSPS) is 12.5. The van der Waals surface area contributed by atoms with Crippen LogP contribution in [0.2, 0.25) is 0 Å². The summed E-state index contributed by atoms with van der Waals surface area (Å²) in [5, 5.41) is 22.4. The van der Waals surface area contributed by atoms with Gasteiger partial charge >= 0.3 is 5.97 Å². The number of aromatic hydroxyl groups is 1. The Balaban J connectivity index is 2.73. The van der Waals surface area contributed by atoms with Gasteiger partial charge in [0.25, 0.3) is 0 Å². The lowest BCUT2D eigenvalue weighted by Crippen LogP contribution is -2.44. The van der Waals surface area contributed by atoms with Gasteiger partial charge in [0.2, 0.25) is 22.0 Å². The van der Waals surface area contributed by atoms with Crippen molar-refractivity contribution in [2.24, 2.45) is 0 Å². The summed E-state index contributed by atoms with van der Waals surface area (Å²) in [7, 11) is 0. The number of para-hydroxylation sites is 1. The molecule has 0 unspecified atom stereocenters. The van der Waals surface area contributed by atoms with E-state index < -0.39 is 40.1 Å². The summed E-state index contributed by atoms with van der Waals surface area (Å²) in [5.74, 6) is -2.88. The zero-order valence-corrected chi connectivity index (χ0v) is 16.8. The summed E-state index contributed by atoms with van der Waals surface area (Å²) in [4.78, 5) is 58.1. The van der Waals surface area contributed by atoms with Crippen LogP contribution in [0.5, 0.6) is 5.75 Å². The number of nitrogens with one attached hydrogen (secondary N) is 2. The van der Waals surface area contributed by atoms with Gasteiger partial charge in [0.1, 0.15) is 17.8 Å². The van der Waals surface area contributed by atoms with Crippen LogP contribution in [0.3, 0.4) is 0 Å². The number of carbonyl (C=O) groups is 5. The van der Waals surface area contributed by atoms with Crippen LogP contribution in [-0.2, 0) is 19.2 Å². The maximum atomic E-state index is 12.4. The Bertz CT molecular complexity index is 770. The second kappa shape index (κ2) is 11.3. The van der Waals surface area contributed by atoms with Crippen molar-refractivity contribution in [3.8, 4) is 5.75 Å². The highest BCUT2D eigenvalue weighted by Crippen LogP contribution is 2.23. The van der Waals surface area contributed by atoms with Crippen LogP contribution in [0.25, 0.3) is 0 Å². The Labute approximate surface area is 169 Å². The van der Waals surface area contributed by atoms with E-state index in [-0.39, 0.29) is 22.8 Å². The number of phenols is 1. The first-order valence-electron chi connectivity index (χ1n) is 8.00. The Kier molecular flexibility index (Phi) is 9.52. The molecule has 2 amide bonds. The van der Waals surface area contributed by atoms with Crippen LogP contribution < -0.4 is 10.6 Å². The van der Waals surface area contributed by atoms with Gasteiger partial charge in [0.05, 0.1) is 5.56 Å². The molecule has 0 saturated carbocycles. The van der Waals surface area contributed by atoms with Crippen LogP contribution in [0.4, 0.5) is 0 Å². The molecule has 0 aliphatic heterocycles. The molecule has 11 heteroatoms. The first kappa shape index (κ1) is 23.5. The van der Waals surface area contributed by atoms with Crippen molar-refractivity contribution in [1.29, 1.82) is 0 Å². The Morgan fingerprint density at radius 1 is 0.929 bits per heavy atom. The van der Waals surface area contributed by atoms with E-state index >= 15 is 0 Å². The number of thioether (sulfide) groups is 2. The van der Waals surface area contributed by atoms with Gasteiger partial charge in [-0.1, -0.05) is 35.7 Å². The fourth-order valence-electron chi connectivity index (χ4n) is 1.98. The second-order valence-electron chi connectivity index (χ2n) is 5.59. The third kappa shape index (κ3) is 8.01. The summed E-state index contributed by atoms with van der Waals surface area (Å²) in [6.45, 7) is 2.36. The molecule has 152 valence electrons. The van der Waals surface area contributed by atoms with Crippen LogP contribution in [-0.4, -0.2) is 61.8 Å². The highest BCUT2D eigenvalue weighted by atomic mass is 32.2. The molecule has 0 radical (unpaired) electrons. The molecule has 1 aromatic rings. The number of hydrogen-bond acceptors (Lipinski definition) is 8. The van der Waals surface area contributed by atoms with E-state index in [0.717, 1.165) is 18.7 Å². The third-order valence-electron chi connectivity index (χ3n) is 3.23. The van der Waals surface area contributed by atoms with Crippen molar-refractivity contribution >= 4 is 51.5 Å². The van der Waals surface area contributed by atoms with E-state index in [4.69, 9.17) is 5.11 Å². The van der Waals surface area contributed by atoms with E-state index in [1.165, 1.54) is 19.1 Å². The van der Waals surface area contributed by atoms with Gasteiger partial charge in [-0.25, -0.2) is 4.79 Å². The van der Waals surface area contributed by atoms with Crippen LogP contribution in [0, 0.1) is 0 Å². The lowest BCUT2D eigenvalue weighted by Gasteiger charge is -2.17. The molecule has 4 N–H and O–H groups in total. The van der Waals surface area contributed by atoms with Gasteiger partial charge < -0.3 is 20.8 Å². The summed E-state index contributed by atoms with van der Waals surface area (Å²) in [6, 6.07) is 3.61. The van der Waals surface area contributed by atoms with E-state index in [2.05, 4.69) is 10.6 Å². The molecule has 0 spiro atoms. The van der Waals surface area contributed by atoms with E-state index in [1.807, 2.05) is 0 Å². The van der Waals surface area contributed by atoms with Crippen LogP contribution >= 0.6 is 23.5 Å². The molecule has 9 nitrogen and oxygen atoms in total. The summed E-state index contributed by atoms with van der Waals surface area (Å²) < 4.78 is 0. The molecule has 0 aromatic heterocycles. The average Bonchev–Trinajstić information content (AvgIpc) is 2.61. The van der Waals surface area contributed by atoms with Crippen LogP contribution in [0.1, 0.15) is 24.2 Å². The van der Waals surface area contributed by atoms with Crippen molar-refractivity contribution in [2.75, 3.05) is 11.5 Å². The second-order valence-corrected chi connectivity index (χ2v) is 7.61. The van der Waals surface area contributed by atoms with E-state index in [0.29, 0.717) is 11.8 Å². The molecule has 0 bridgehead atoms. The van der Waals surface area contributed by atoms with Gasteiger partial charge in [0.15, 0.2) is 0 Å². The highest BCUT2D eigenvalue weighted by Gasteiger charge is 2.26. The first-order chi connectivity index (χ1) is 13.1. The number of carboxylic acids is 1. The van der Waals surface area contributed by atoms with Gasteiger partial charge in [0, 0.05) is 25.4 Å². The summed E-state index contributed by atoms with van der Waals surface area (Å²) in [6.07, 6.45) is 0. The smallest absolute Gasteiger partial charge is 0.327 e. The topological polar surface area (TPSA) is 150 Å². The van der Waals surface area contributed by atoms with Crippen molar-refractivity contribution < 1.29 is 34.2 Å². The Morgan fingerprint density at radius 3 is 2.00 bits per heavy atom. The molecular formula is C17H20N2O7S2. The molecule has 0 aliphatic carbocycles. The van der Waals surface area contributed by atoms with E-state index in [1.54, 1.807) is 12.1 Å². The fraction of sp³-hybridized carbons (Fsp3) is 0.353. The minimum absolute atomic E-state index is 0.0748. The number of phenolic OH excluding ortho intramolecular Hbond substituents is 1. The molecule has 0 saturated heterocycles. The molecular weight excluding hydrogens is 408 g/mol. The van der Waals surface area contributed by atoms with Crippen molar-refractivity contribution in [3.05, 3.63) is 29.8 Å². The lowest BCUT2D eigenvalue weighted by molar-refractivity contribution is -0.140. The highest BCUT2D eigenvalue weighted by molar-refractivity contribution is 8.15. The average molecular weight is 428 g/mol. The number of amides is 2. The van der Waals surface area contributed by atoms with Gasteiger partial charge in [-0.3, -0.25) is 19.2 Å². The number of benzene rings is 1. The zero-order chi connectivity index (χ0) is 21.3. The monoisotopic (exact) mass is 428 g/mol. The molecule has 1 rings (SSSR count). The Morgan fingerprint density at radius 2 is 1.46 bits per heavy atom. The minimum atomic E-state index is -1.30. The minimum Gasteiger partial charge on any atom is -0.507 e. The quantitative estimate of drug-likeness (QED) is 0.444. The first-order valence-corrected chi connectivity index (χ1v) is 9.97. The fourth-order valence-corrected chi connectivity index (χ4v) is 3.87. The zero-order valence-electron chi connectivity index (χ0n) is 15.1. The number of hydrogen-bond donors (Lipinski definition) is 4. The Hall–Kier alpha value is -2.53. The molecule has 0 fully saturated rings. The molecule has 0 heterocycles. The van der Waals surface area contributed by atoms with Crippen molar-refractivity contribution in [1.82, 2.24) is 10.6 Å².